The summed E-state index contributed by atoms with van der Waals surface area (Å²) < 4.78 is 0. The number of nitrogens with zero attached hydrogens (tertiary/aromatic N) is 1. The molecule has 2 aromatic rings. The van der Waals surface area contributed by atoms with E-state index in [0.29, 0.717) is 23.0 Å². The topological polar surface area (TPSA) is 70.4 Å². The molecular weight excluding hydrogens is 312 g/mol. The van der Waals surface area contributed by atoms with Crippen LogP contribution in [0.25, 0.3) is 0 Å². The molecule has 0 bridgehead atoms. The molecule has 0 radical (unpaired) electrons. The number of rotatable bonds is 6. The Labute approximate surface area is 148 Å². The van der Waals surface area contributed by atoms with Gasteiger partial charge in [-0.2, -0.15) is 0 Å². The molecule has 0 unspecified atom stereocenters. The summed E-state index contributed by atoms with van der Waals surface area (Å²) in [6.45, 7) is 3.50. The minimum Gasteiger partial charge on any atom is -0.397 e. The fraction of sp³-hybridized carbons (Fsp3) is 0.350. The number of hydrogen-bond acceptors (Lipinski definition) is 4. The summed E-state index contributed by atoms with van der Waals surface area (Å²) in [7, 11) is 0. The maximum atomic E-state index is 12.3. The van der Waals surface area contributed by atoms with E-state index in [1.807, 2.05) is 36.4 Å². The Hall–Kier alpha value is -2.53. The van der Waals surface area contributed by atoms with Gasteiger partial charge in [0.25, 0.3) is 5.91 Å². The van der Waals surface area contributed by atoms with E-state index in [1.165, 1.54) is 19.4 Å². The first-order valence-electron chi connectivity index (χ1n) is 8.92. The van der Waals surface area contributed by atoms with Crippen molar-refractivity contribution in [3.05, 3.63) is 54.1 Å². The molecule has 130 valence electrons. The molecule has 4 N–H and O–H groups in total. The first-order valence-corrected chi connectivity index (χ1v) is 8.92. The Morgan fingerprint density at radius 2 is 1.80 bits per heavy atom. The molecule has 1 aliphatic heterocycles. The van der Waals surface area contributed by atoms with Crippen molar-refractivity contribution in [3.63, 3.8) is 0 Å². The third-order valence-electron chi connectivity index (χ3n) is 4.90. The lowest BCUT2D eigenvalue weighted by atomic mass is 10.1. The summed E-state index contributed by atoms with van der Waals surface area (Å²) >= 11 is 0. The van der Waals surface area contributed by atoms with Crippen molar-refractivity contribution in [1.82, 2.24) is 4.90 Å². The summed E-state index contributed by atoms with van der Waals surface area (Å²) in [5.41, 5.74) is 8.75. The molecule has 5 nitrogen and oxygen atoms in total. The molecule has 5 heteroatoms. The molecule has 1 aliphatic carbocycles. The van der Waals surface area contributed by atoms with Crippen LogP contribution in [0.5, 0.6) is 0 Å². The second-order valence-electron chi connectivity index (χ2n) is 7.12. The van der Waals surface area contributed by atoms with E-state index in [0.717, 1.165) is 24.7 Å². The quantitative estimate of drug-likeness (QED) is 0.709. The molecule has 0 spiro atoms. The van der Waals surface area contributed by atoms with Crippen LogP contribution in [0.3, 0.4) is 0 Å². The monoisotopic (exact) mass is 336 g/mol. The van der Waals surface area contributed by atoms with Crippen LogP contribution in [0.4, 0.5) is 17.1 Å². The predicted octanol–water partition coefficient (Wildman–Crippen LogP) is 3.03. The molecule has 1 saturated carbocycles. The number of nitrogens with two attached hydrogens (primary N) is 1. The van der Waals surface area contributed by atoms with Crippen LogP contribution in [0.1, 0.15) is 23.2 Å². The highest BCUT2D eigenvalue weighted by Crippen LogP contribution is 2.31. The molecule has 1 heterocycles. The van der Waals surface area contributed by atoms with E-state index >= 15 is 0 Å². The van der Waals surface area contributed by atoms with Crippen molar-refractivity contribution < 1.29 is 4.79 Å². The summed E-state index contributed by atoms with van der Waals surface area (Å²) in [5.74, 6) is 0.807. The smallest absolute Gasteiger partial charge is 0.255 e. The maximum absolute atomic E-state index is 12.3. The molecular formula is C20H24N4O. The Bertz CT molecular complexity index is 749. The van der Waals surface area contributed by atoms with Gasteiger partial charge in [0.15, 0.2) is 0 Å². The van der Waals surface area contributed by atoms with E-state index < -0.39 is 0 Å². The lowest BCUT2D eigenvalue weighted by Crippen LogP contribution is -2.55. The van der Waals surface area contributed by atoms with E-state index in [2.05, 4.69) is 15.5 Å². The molecule has 2 aliphatic rings. The molecule has 1 saturated heterocycles. The Kier molecular flexibility index (Phi) is 4.32. The zero-order valence-corrected chi connectivity index (χ0v) is 14.2. The van der Waals surface area contributed by atoms with Crippen LogP contribution >= 0.6 is 0 Å². The van der Waals surface area contributed by atoms with Gasteiger partial charge in [-0.25, -0.2) is 0 Å². The number of benzene rings is 2. The van der Waals surface area contributed by atoms with Crippen molar-refractivity contribution in [1.29, 1.82) is 0 Å². The lowest BCUT2D eigenvalue weighted by Gasteiger charge is -2.40. The van der Waals surface area contributed by atoms with Gasteiger partial charge in [0.1, 0.15) is 0 Å². The molecule has 1 amide bonds. The highest BCUT2D eigenvalue weighted by Gasteiger charge is 2.31. The second-order valence-corrected chi connectivity index (χ2v) is 7.12. The number of carbonyl (C=O) groups is 1. The van der Waals surface area contributed by atoms with Crippen molar-refractivity contribution >= 4 is 23.0 Å². The van der Waals surface area contributed by atoms with Crippen LogP contribution < -0.4 is 16.4 Å². The normalized spacial score (nSPS) is 17.8. The van der Waals surface area contributed by atoms with Gasteiger partial charge < -0.3 is 16.4 Å². The van der Waals surface area contributed by atoms with Gasteiger partial charge in [-0.15, -0.1) is 0 Å². The first kappa shape index (κ1) is 16.0. The average molecular weight is 336 g/mol. The fourth-order valence-electron chi connectivity index (χ4n) is 3.23. The van der Waals surface area contributed by atoms with Crippen molar-refractivity contribution in [2.24, 2.45) is 5.92 Å². The first-order chi connectivity index (χ1) is 12.2. The minimum atomic E-state index is -0.149. The van der Waals surface area contributed by atoms with Crippen LogP contribution in [-0.2, 0) is 0 Å². The van der Waals surface area contributed by atoms with Crippen LogP contribution in [0.2, 0.25) is 0 Å². The maximum Gasteiger partial charge on any atom is 0.255 e. The van der Waals surface area contributed by atoms with Gasteiger partial charge in [0.05, 0.1) is 17.4 Å². The fourth-order valence-corrected chi connectivity index (χ4v) is 3.23. The van der Waals surface area contributed by atoms with Gasteiger partial charge in [-0.05, 0) is 55.2 Å². The number of likely N-dealkylation sites (tertiary alicyclic amines) is 1. The van der Waals surface area contributed by atoms with E-state index in [9.17, 15) is 4.79 Å². The number of anilines is 3. The zero-order valence-electron chi connectivity index (χ0n) is 14.2. The van der Waals surface area contributed by atoms with Gasteiger partial charge in [0.2, 0.25) is 0 Å². The highest BCUT2D eigenvalue weighted by atomic mass is 16.1. The average Bonchev–Trinajstić information content (AvgIpc) is 3.40. The van der Waals surface area contributed by atoms with Crippen LogP contribution in [0.15, 0.2) is 48.5 Å². The molecule has 2 fully saturated rings. The van der Waals surface area contributed by atoms with E-state index in [-0.39, 0.29) is 5.91 Å². The van der Waals surface area contributed by atoms with E-state index in [4.69, 9.17) is 5.73 Å². The van der Waals surface area contributed by atoms with E-state index in [1.54, 1.807) is 12.1 Å². The number of para-hydroxylation sites is 2. The van der Waals surface area contributed by atoms with Crippen molar-refractivity contribution in [2.45, 2.75) is 18.9 Å². The standard InChI is InChI=1S/C20H24N4O/c21-18-3-1-2-4-19(18)23-20(25)15-7-9-16(10-8-15)22-17-12-24(13-17)11-14-5-6-14/h1-4,7-10,14,17,22H,5-6,11-13,21H2,(H,23,25). The molecule has 25 heavy (non-hydrogen) atoms. The molecule has 2 aromatic carbocycles. The number of hydrogen-bond donors (Lipinski definition) is 3. The summed E-state index contributed by atoms with van der Waals surface area (Å²) in [6, 6.07) is 15.4. The second kappa shape index (κ2) is 6.76. The third kappa shape index (κ3) is 3.94. The number of amides is 1. The lowest BCUT2D eigenvalue weighted by molar-refractivity contribution is 0.102. The Balaban J connectivity index is 1.29. The highest BCUT2D eigenvalue weighted by molar-refractivity contribution is 6.05. The van der Waals surface area contributed by atoms with Gasteiger partial charge >= 0.3 is 0 Å². The van der Waals surface area contributed by atoms with Crippen molar-refractivity contribution in [2.75, 3.05) is 36.0 Å². The van der Waals surface area contributed by atoms with Crippen LogP contribution in [-0.4, -0.2) is 36.5 Å². The molecule has 0 atom stereocenters. The molecule has 0 aromatic heterocycles. The minimum absolute atomic E-state index is 0.149. The number of nitrogen functional groups attached to an aromatic ring is 1. The van der Waals surface area contributed by atoms with Crippen molar-refractivity contribution in [3.8, 4) is 0 Å². The Morgan fingerprint density at radius 1 is 1.08 bits per heavy atom. The van der Waals surface area contributed by atoms with Gasteiger partial charge in [-0.1, -0.05) is 12.1 Å². The summed E-state index contributed by atoms with van der Waals surface area (Å²) in [4.78, 5) is 14.8. The largest absolute Gasteiger partial charge is 0.397 e. The Morgan fingerprint density at radius 3 is 2.48 bits per heavy atom. The molecule has 4 rings (SSSR count). The van der Waals surface area contributed by atoms with Gasteiger partial charge in [-0.3, -0.25) is 9.69 Å². The van der Waals surface area contributed by atoms with Crippen LogP contribution in [0, 0.1) is 5.92 Å². The summed E-state index contributed by atoms with van der Waals surface area (Å²) in [5, 5.41) is 6.38. The number of nitrogens with one attached hydrogen (secondary N) is 2. The predicted molar refractivity (Wildman–Crippen MR) is 102 cm³/mol. The zero-order chi connectivity index (χ0) is 17.2. The van der Waals surface area contributed by atoms with Gasteiger partial charge in [0, 0.05) is 30.9 Å². The number of carbonyl (C=O) groups excluding carboxylic acids is 1. The SMILES string of the molecule is Nc1ccccc1NC(=O)c1ccc(NC2CN(CC3CC3)C2)cc1. The third-order valence-corrected chi connectivity index (χ3v) is 4.90. The summed E-state index contributed by atoms with van der Waals surface area (Å²) in [6.07, 6.45) is 2.82.